The molecule has 1 aliphatic rings. The number of methoxy groups -OCH3 is 2. The van der Waals surface area contributed by atoms with Gasteiger partial charge in [-0.25, -0.2) is 4.79 Å². The molecule has 3 N–H and O–H groups in total. The van der Waals surface area contributed by atoms with Crippen LogP contribution in [0.5, 0.6) is 5.75 Å². The summed E-state index contributed by atoms with van der Waals surface area (Å²) in [7, 11) is 2.47. The Morgan fingerprint density at radius 1 is 1.13 bits per heavy atom. The van der Waals surface area contributed by atoms with Crippen molar-refractivity contribution in [1.82, 2.24) is 0 Å². The number of hydrogen-bond acceptors (Lipinski definition) is 7. The number of carbonyl (C=O) groups excluding carboxylic acids is 2. The van der Waals surface area contributed by atoms with Crippen LogP contribution in [0, 0.1) is 11.8 Å². The summed E-state index contributed by atoms with van der Waals surface area (Å²) in [6.07, 6.45) is 1.31. The van der Waals surface area contributed by atoms with Gasteiger partial charge >= 0.3 is 11.9 Å². The highest BCUT2D eigenvalue weighted by Gasteiger charge is 2.35. The minimum absolute atomic E-state index is 0.0454. The molecule has 0 spiro atoms. The van der Waals surface area contributed by atoms with Gasteiger partial charge in [0, 0.05) is 16.9 Å². The van der Waals surface area contributed by atoms with Gasteiger partial charge in [0.25, 0.3) is 0 Å². The number of carbonyl (C=O) groups is 2. The van der Waals surface area contributed by atoms with Crippen LogP contribution in [0.2, 0.25) is 0 Å². The highest BCUT2D eigenvalue weighted by atomic mass is 16.5. The second-order valence-electron chi connectivity index (χ2n) is 8.14. The lowest BCUT2D eigenvalue weighted by molar-refractivity contribution is -0.150. The van der Waals surface area contributed by atoms with Crippen LogP contribution in [0.1, 0.15) is 44.9 Å². The minimum atomic E-state index is -1.61. The van der Waals surface area contributed by atoms with E-state index in [1.165, 1.54) is 13.2 Å². The molecule has 0 saturated carbocycles. The molecule has 4 atom stereocenters. The summed E-state index contributed by atoms with van der Waals surface area (Å²) in [6, 6.07) is 4.68. The summed E-state index contributed by atoms with van der Waals surface area (Å²) in [6.45, 7) is 7.44. The van der Waals surface area contributed by atoms with Crippen LogP contribution in [0.25, 0.3) is 0 Å². The van der Waals surface area contributed by atoms with E-state index in [1.807, 2.05) is 26.8 Å². The first-order valence-electron chi connectivity index (χ1n) is 9.74. The monoisotopic (exact) mass is 418 g/mol. The number of allylic oxidation sites excluding steroid dienone is 2. The largest absolute Gasteiger partial charge is 0.508 e. The Bertz CT molecular complexity index is 882. The molecule has 0 heterocycles. The van der Waals surface area contributed by atoms with E-state index in [-0.39, 0.29) is 17.2 Å². The maximum Gasteiger partial charge on any atom is 0.339 e. The summed E-state index contributed by atoms with van der Waals surface area (Å²) < 4.78 is 9.40. The van der Waals surface area contributed by atoms with E-state index in [9.17, 15) is 24.9 Å². The van der Waals surface area contributed by atoms with E-state index in [0.717, 1.165) is 18.2 Å². The molecule has 1 aromatic carbocycles. The van der Waals surface area contributed by atoms with Gasteiger partial charge in [0.15, 0.2) is 6.10 Å². The Morgan fingerprint density at radius 3 is 2.30 bits per heavy atom. The normalized spacial score (nSPS) is 21.2. The molecule has 7 nitrogen and oxygen atoms in total. The van der Waals surface area contributed by atoms with Crippen LogP contribution in [-0.2, 0) is 24.5 Å². The number of rotatable bonds is 6. The zero-order chi connectivity index (χ0) is 22.8. The van der Waals surface area contributed by atoms with Gasteiger partial charge in [-0.2, -0.15) is 0 Å². The summed E-state index contributed by atoms with van der Waals surface area (Å²) in [5.41, 5.74) is 1.58. The minimum Gasteiger partial charge on any atom is -0.508 e. The predicted octanol–water partition coefficient (Wildman–Crippen LogP) is 2.55. The van der Waals surface area contributed by atoms with E-state index in [0.29, 0.717) is 5.57 Å². The number of hydrogen-bond donors (Lipinski definition) is 3. The highest BCUT2D eigenvalue weighted by Crippen LogP contribution is 2.41. The maximum atomic E-state index is 12.0. The van der Waals surface area contributed by atoms with Gasteiger partial charge < -0.3 is 24.8 Å². The number of aromatic hydroxyl groups is 1. The fourth-order valence-electron chi connectivity index (χ4n) is 3.64. The molecular weight excluding hydrogens is 388 g/mol. The lowest BCUT2D eigenvalue weighted by Gasteiger charge is -2.35. The van der Waals surface area contributed by atoms with Crippen LogP contribution in [0.4, 0.5) is 0 Å². The molecule has 0 fully saturated rings. The molecule has 4 unspecified atom stereocenters. The van der Waals surface area contributed by atoms with E-state index >= 15 is 0 Å². The Hall–Kier alpha value is -2.64. The molecule has 1 aliphatic carbocycles. The zero-order valence-electron chi connectivity index (χ0n) is 18.2. The molecular formula is C23H30O7. The van der Waals surface area contributed by atoms with Crippen molar-refractivity contribution in [2.45, 2.75) is 45.3 Å². The van der Waals surface area contributed by atoms with Crippen molar-refractivity contribution in [2.75, 3.05) is 14.2 Å². The first-order valence-corrected chi connectivity index (χ1v) is 9.74. The SMILES string of the molecule is COC(=O)C(C)C1=CC(C(C)(C)c2ccc(O)c(C(O)C(=O)OC)c2)=CC(C)C1O. The van der Waals surface area contributed by atoms with Crippen LogP contribution in [0.15, 0.2) is 41.5 Å². The van der Waals surface area contributed by atoms with Crippen LogP contribution in [-0.4, -0.2) is 47.6 Å². The second-order valence-corrected chi connectivity index (χ2v) is 8.14. The number of phenols is 1. The molecule has 0 bridgehead atoms. The van der Waals surface area contributed by atoms with Crippen molar-refractivity contribution in [2.24, 2.45) is 11.8 Å². The molecule has 1 aromatic rings. The number of ether oxygens (including phenoxy) is 2. The average molecular weight is 418 g/mol. The number of benzene rings is 1. The van der Waals surface area contributed by atoms with Crippen molar-refractivity contribution in [3.63, 3.8) is 0 Å². The topological polar surface area (TPSA) is 113 Å². The number of aliphatic hydroxyl groups excluding tert-OH is 2. The number of phenolic OH excluding ortho intramolecular Hbond substituents is 1. The Kier molecular flexibility index (Phi) is 7.10. The van der Waals surface area contributed by atoms with E-state index in [4.69, 9.17) is 4.74 Å². The third-order valence-corrected chi connectivity index (χ3v) is 5.85. The molecule has 0 amide bonds. The molecule has 0 aromatic heterocycles. The van der Waals surface area contributed by atoms with Crippen LogP contribution in [0.3, 0.4) is 0 Å². The fraction of sp³-hybridized carbons (Fsp3) is 0.478. The standard InChI is InChI=1S/C23H30O7/c1-12-9-15(11-16(19(12)25)13(2)21(27)29-5)23(3,4)14-7-8-18(24)17(10-14)20(26)22(28)30-6/h7-13,19-20,24-26H,1-6H3. The van der Waals surface area contributed by atoms with Crippen molar-refractivity contribution in [1.29, 1.82) is 0 Å². The fourth-order valence-corrected chi connectivity index (χ4v) is 3.64. The molecule has 0 aliphatic heterocycles. The maximum absolute atomic E-state index is 12.0. The van der Waals surface area contributed by atoms with Gasteiger partial charge in [-0.3, -0.25) is 4.79 Å². The first-order chi connectivity index (χ1) is 13.9. The van der Waals surface area contributed by atoms with Gasteiger partial charge in [-0.05, 0) is 35.8 Å². The first kappa shape index (κ1) is 23.6. The smallest absolute Gasteiger partial charge is 0.339 e. The second kappa shape index (κ2) is 9.02. The summed E-state index contributed by atoms with van der Waals surface area (Å²) in [5.74, 6) is -2.36. The van der Waals surface area contributed by atoms with E-state index in [1.54, 1.807) is 25.1 Å². The van der Waals surface area contributed by atoms with Crippen molar-refractivity contribution < 1.29 is 34.4 Å². The molecule has 0 radical (unpaired) electrons. The quantitative estimate of drug-likeness (QED) is 0.609. The third kappa shape index (κ3) is 4.42. The van der Waals surface area contributed by atoms with Gasteiger partial charge in [0.05, 0.1) is 26.2 Å². The molecule has 7 heteroatoms. The van der Waals surface area contributed by atoms with Crippen molar-refractivity contribution in [3.8, 4) is 5.75 Å². The van der Waals surface area contributed by atoms with Gasteiger partial charge in [0.1, 0.15) is 5.75 Å². The summed E-state index contributed by atoms with van der Waals surface area (Å²) in [4.78, 5) is 23.8. The molecule has 164 valence electrons. The Balaban J connectivity index is 2.52. The van der Waals surface area contributed by atoms with Gasteiger partial charge in [-0.15, -0.1) is 0 Å². The van der Waals surface area contributed by atoms with Gasteiger partial charge in [-0.1, -0.05) is 39.0 Å². The Labute approximate surface area is 176 Å². The number of esters is 2. The predicted molar refractivity (Wildman–Crippen MR) is 111 cm³/mol. The lowest BCUT2D eigenvalue weighted by atomic mass is 9.71. The molecule has 2 rings (SSSR count). The average Bonchev–Trinajstić information content (AvgIpc) is 2.73. The highest BCUT2D eigenvalue weighted by molar-refractivity contribution is 5.77. The van der Waals surface area contributed by atoms with Crippen molar-refractivity contribution in [3.05, 3.63) is 52.6 Å². The molecule has 30 heavy (non-hydrogen) atoms. The van der Waals surface area contributed by atoms with E-state index in [2.05, 4.69) is 4.74 Å². The lowest BCUT2D eigenvalue weighted by Crippen LogP contribution is -2.32. The Morgan fingerprint density at radius 2 is 1.73 bits per heavy atom. The summed E-state index contributed by atoms with van der Waals surface area (Å²) >= 11 is 0. The van der Waals surface area contributed by atoms with E-state index < -0.39 is 35.5 Å². The molecule has 0 saturated heterocycles. The van der Waals surface area contributed by atoms with Crippen LogP contribution < -0.4 is 0 Å². The van der Waals surface area contributed by atoms with Gasteiger partial charge in [0.2, 0.25) is 0 Å². The van der Waals surface area contributed by atoms with Crippen LogP contribution >= 0.6 is 0 Å². The third-order valence-electron chi connectivity index (χ3n) is 5.85. The number of aliphatic hydroxyl groups is 2. The van der Waals surface area contributed by atoms with Crippen molar-refractivity contribution >= 4 is 11.9 Å². The summed E-state index contributed by atoms with van der Waals surface area (Å²) in [5, 5.41) is 30.9. The zero-order valence-corrected chi connectivity index (χ0v) is 18.2.